The highest BCUT2D eigenvalue weighted by Crippen LogP contribution is 2.30. The minimum Gasteiger partial charge on any atom is -0.371 e. The summed E-state index contributed by atoms with van der Waals surface area (Å²) < 4.78 is 23.7. The summed E-state index contributed by atoms with van der Waals surface area (Å²) in [6, 6.07) is 6.01. The molecule has 0 aliphatic carbocycles. The Bertz CT molecular complexity index is 627. The lowest BCUT2D eigenvalue weighted by Crippen LogP contribution is -2.31. The highest BCUT2D eigenvalue weighted by Gasteiger charge is 2.30. The third kappa shape index (κ3) is 3.42. The minimum absolute atomic E-state index is 0.231. The van der Waals surface area contributed by atoms with Crippen LogP contribution in [-0.4, -0.2) is 39.1 Å². The summed E-state index contributed by atoms with van der Waals surface area (Å²) >= 11 is 6.37. The summed E-state index contributed by atoms with van der Waals surface area (Å²) in [5, 5.41) is 3.84. The van der Waals surface area contributed by atoms with E-state index in [-0.39, 0.29) is 5.25 Å². The van der Waals surface area contributed by atoms with Gasteiger partial charge in [0, 0.05) is 42.5 Å². The second-order valence-corrected chi connectivity index (χ2v) is 9.00. The Morgan fingerprint density at radius 2 is 2.00 bits per heavy atom. The van der Waals surface area contributed by atoms with Crippen molar-refractivity contribution in [2.75, 3.05) is 30.3 Å². The molecule has 1 N–H and O–H groups in total. The number of rotatable bonds is 5. The molecule has 2 fully saturated rings. The zero-order chi connectivity index (χ0) is 15.6. The van der Waals surface area contributed by atoms with E-state index in [1.807, 2.05) is 12.1 Å². The average Bonchev–Trinajstić information content (AvgIpc) is 3.10. The number of benzene rings is 1. The number of nitrogens with zero attached hydrogens (tertiary/aromatic N) is 1. The smallest absolute Gasteiger partial charge is 0.154 e. The predicted octanol–water partition coefficient (Wildman–Crippen LogP) is 2.61. The largest absolute Gasteiger partial charge is 0.371 e. The molecule has 0 saturated carbocycles. The lowest BCUT2D eigenvalue weighted by atomic mass is 10.1. The normalized spacial score (nSPS) is 24.0. The van der Waals surface area contributed by atoms with Crippen molar-refractivity contribution < 1.29 is 8.42 Å². The molecule has 1 aromatic carbocycles. The molecule has 0 unspecified atom stereocenters. The van der Waals surface area contributed by atoms with Gasteiger partial charge in [-0.3, -0.25) is 0 Å². The van der Waals surface area contributed by atoms with Gasteiger partial charge in [0.25, 0.3) is 0 Å². The van der Waals surface area contributed by atoms with Crippen molar-refractivity contribution in [2.45, 2.75) is 37.5 Å². The van der Waals surface area contributed by atoms with E-state index in [4.69, 9.17) is 11.6 Å². The van der Waals surface area contributed by atoms with E-state index >= 15 is 0 Å². The van der Waals surface area contributed by atoms with Crippen molar-refractivity contribution in [3.63, 3.8) is 0 Å². The lowest BCUT2D eigenvalue weighted by molar-refractivity contribution is 0.574. The lowest BCUT2D eigenvalue weighted by Gasteiger charge is -2.23. The van der Waals surface area contributed by atoms with E-state index in [0.717, 1.165) is 36.5 Å². The third-order valence-corrected chi connectivity index (χ3v) is 7.31. The van der Waals surface area contributed by atoms with Gasteiger partial charge in [-0.2, -0.15) is 0 Å². The van der Waals surface area contributed by atoms with Crippen molar-refractivity contribution in [1.82, 2.24) is 5.32 Å². The van der Waals surface area contributed by atoms with Crippen molar-refractivity contribution in [3.8, 4) is 0 Å². The first-order valence-corrected chi connectivity index (χ1v) is 10.1. The molecule has 0 spiro atoms. The van der Waals surface area contributed by atoms with Crippen molar-refractivity contribution in [1.29, 1.82) is 0 Å². The summed E-state index contributed by atoms with van der Waals surface area (Å²) in [5.41, 5.74) is 2.27. The van der Waals surface area contributed by atoms with Crippen LogP contribution < -0.4 is 10.2 Å². The van der Waals surface area contributed by atoms with E-state index in [1.165, 1.54) is 18.5 Å². The maximum absolute atomic E-state index is 11.9. The SMILES string of the molecule is O=S1(=O)CCC[C@H]1CNCc1c(Cl)cccc1N1CCCC1. The topological polar surface area (TPSA) is 49.4 Å². The number of hydrogen-bond acceptors (Lipinski definition) is 4. The van der Waals surface area contributed by atoms with Crippen LogP contribution in [0.3, 0.4) is 0 Å². The minimum atomic E-state index is -2.88. The van der Waals surface area contributed by atoms with Crippen molar-refractivity contribution in [2.24, 2.45) is 0 Å². The number of anilines is 1. The summed E-state index contributed by atoms with van der Waals surface area (Å²) in [5.74, 6) is 0.338. The highest BCUT2D eigenvalue weighted by atomic mass is 35.5. The Morgan fingerprint density at radius 1 is 1.23 bits per heavy atom. The highest BCUT2D eigenvalue weighted by molar-refractivity contribution is 7.92. The fourth-order valence-electron chi connectivity index (χ4n) is 3.42. The molecule has 0 amide bonds. The number of nitrogens with one attached hydrogen (secondary N) is 1. The molecule has 1 aromatic rings. The maximum atomic E-state index is 11.9. The van der Waals surface area contributed by atoms with Gasteiger partial charge in [-0.05, 0) is 37.8 Å². The van der Waals surface area contributed by atoms with E-state index in [1.54, 1.807) is 0 Å². The molecule has 2 heterocycles. The molecule has 3 rings (SSSR count). The Labute approximate surface area is 137 Å². The van der Waals surface area contributed by atoms with Gasteiger partial charge in [0.05, 0.1) is 11.0 Å². The number of sulfone groups is 1. The second kappa shape index (κ2) is 6.77. The number of halogens is 1. The van der Waals surface area contributed by atoms with Crippen LogP contribution in [0, 0.1) is 0 Å². The van der Waals surface area contributed by atoms with Gasteiger partial charge in [-0.1, -0.05) is 17.7 Å². The molecule has 122 valence electrons. The molecule has 2 aliphatic rings. The van der Waals surface area contributed by atoms with Crippen LogP contribution in [0.4, 0.5) is 5.69 Å². The van der Waals surface area contributed by atoms with Crippen molar-refractivity contribution >= 4 is 27.1 Å². The van der Waals surface area contributed by atoms with Crippen LogP contribution in [0.15, 0.2) is 18.2 Å². The fourth-order valence-corrected chi connectivity index (χ4v) is 5.46. The van der Waals surface area contributed by atoms with Gasteiger partial charge in [0.15, 0.2) is 9.84 Å². The summed E-state index contributed by atoms with van der Waals surface area (Å²) in [4.78, 5) is 2.37. The summed E-state index contributed by atoms with van der Waals surface area (Å²) in [6.07, 6.45) is 4.01. The van der Waals surface area contributed by atoms with Crippen LogP contribution in [0.25, 0.3) is 0 Å². The molecule has 1 atom stereocenters. The molecule has 0 aromatic heterocycles. The van der Waals surface area contributed by atoms with Gasteiger partial charge in [0.2, 0.25) is 0 Å². The first-order chi connectivity index (χ1) is 10.6. The zero-order valence-electron chi connectivity index (χ0n) is 12.7. The van der Waals surface area contributed by atoms with Gasteiger partial charge in [0.1, 0.15) is 0 Å². The monoisotopic (exact) mass is 342 g/mol. The Balaban J connectivity index is 1.67. The molecule has 0 bridgehead atoms. The van der Waals surface area contributed by atoms with Crippen LogP contribution in [0.2, 0.25) is 5.02 Å². The zero-order valence-corrected chi connectivity index (χ0v) is 14.3. The van der Waals surface area contributed by atoms with E-state index in [2.05, 4.69) is 16.3 Å². The Kier molecular flexibility index (Phi) is 4.95. The molecule has 0 radical (unpaired) electrons. The quantitative estimate of drug-likeness (QED) is 0.893. The van der Waals surface area contributed by atoms with E-state index in [0.29, 0.717) is 18.8 Å². The van der Waals surface area contributed by atoms with Gasteiger partial charge in [-0.25, -0.2) is 8.42 Å². The van der Waals surface area contributed by atoms with Crippen LogP contribution in [-0.2, 0) is 16.4 Å². The summed E-state index contributed by atoms with van der Waals surface area (Å²) in [6.45, 7) is 3.29. The second-order valence-electron chi connectivity index (χ2n) is 6.19. The molecule has 22 heavy (non-hydrogen) atoms. The molecular formula is C16H23ClN2O2S. The van der Waals surface area contributed by atoms with Crippen LogP contribution >= 0.6 is 11.6 Å². The van der Waals surface area contributed by atoms with E-state index in [9.17, 15) is 8.42 Å². The predicted molar refractivity (Wildman–Crippen MR) is 91.4 cm³/mol. The maximum Gasteiger partial charge on any atom is 0.154 e. The third-order valence-electron chi connectivity index (χ3n) is 4.68. The first-order valence-electron chi connectivity index (χ1n) is 8.02. The molecule has 2 saturated heterocycles. The number of hydrogen-bond donors (Lipinski definition) is 1. The van der Waals surface area contributed by atoms with Crippen LogP contribution in [0.1, 0.15) is 31.2 Å². The standard InChI is InChI=1S/C16H23ClN2O2S/c17-15-6-3-7-16(19-8-1-2-9-19)14(15)12-18-11-13-5-4-10-22(13,20)21/h3,6-7,13,18H,1-2,4-5,8-12H2/t13-/m0/s1. The molecule has 6 heteroatoms. The Hall–Kier alpha value is -0.780. The van der Waals surface area contributed by atoms with Crippen molar-refractivity contribution in [3.05, 3.63) is 28.8 Å². The first kappa shape index (κ1) is 16.1. The average molecular weight is 343 g/mol. The molecule has 2 aliphatic heterocycles. The van der Waals surface area contributed by atoms with Gasteiger partial charge >= 0.3 is 0 Å². The molecular weight excluding hydrogens is 320 g/mol. The Morgan fingerprint density at radius 3 is 2.68 bits per heavy atom. The fraction of sp³-hybridized carbons (Fsp3) is 0.625. The molecule has 4 nitrogen and oxygen atoms in total. The van der Waals surface area contributed by atoms with Crippen LogP contribution in [0.5, 0.6) is 0 Å². The summed E-state index contributed by atoms with van der Waals surface area (Å²) in [7, 11) is -2.88. The van der Waals surface area contributed by atoms with E-state index < -0.39 is 9.84 Å². The van der Waals surface area contributed by atoms with Gasteiger partial charge < -0.3 is 10.2 Å². The van der Waals surface area contributed by atoms with Gasteiger partial charge in [-0.15, -0.1) is 0 Å².